The molecule has 26 heavy (non-hydrogen) atoms. The largest absolute Gasteiger partial charge is 0.480 e. The number of rotatable bonds is 5. The van der Waals surface area contributed by atoms with Gasteiger partial charge in [0.25, 0.3) is 5.91 Å². The van der Waals surface area contributed by atoms with Crippen molar-refractivity contribution in [3.05, 3.63) is 41.2 Å². The lowest BCUT2D eigenvalue weighted by Crippen LogP contribution is -2.34. The minimum atomic E-state index is -0.331. The Morgan fingerprint density at radius 1 is 1.15 bits per heavy atom. The standard InChI is InChI=1S/C21H30N2O3/c1-14-11-21(5,6)12-17(24)19(14)26-13-18(25)23-22-16-9-7-15(8-10-16)20(2,3)4/h7-10,22H,11-13H2,1-6H3,(H,23,25). The molecular formula is C21H30N2O3. The Hall–Kier alpha value is -2.30. The number of carbonyl (C=O) groups is 2. The first-order chi connectivity index (χ1) is 12.0. The van der Waals surface area contributed by atoms with Crippen LogP contribution in [0.15, 0.2) is 35.6 Å². The van der Waals surface area contributed by atoms with Gasteiger partial charge in [-0.3, -0.25) is 20.4 Å². The normalized spacial score (nSPS) is 17.1. The highest BCUT2D eigenvalue weighted by Gasteiger charge is 2.32. The van der Waals surface area contributed by atoms with Gasteiger partial charge >= 0.3 is 0 Å². The van der Waals surface area contributed by atoms with Crippen LogP contribution in [0.1, 0.15) is 59.9 Å². The van der Waals surface area contributed by atoms with E-state index in [1.165, 1.54) is 5.56 Å². The molecule has 1 aliphatic rings. The van der Waals surface area contributed by atoms with Gasteiger partial charge in [-0.2, -0.15) is 0 Å². The highest BCUT2D eigenvalue weighted by atomic mass is 16.5. The molecule has 0 heterocycles. The van der Waals surface area contributed by atoms with E-state index >= 15 is 0 Å². The fourth-order valence-corrected chi connectivity index (χ4v) is 3.19. The number of anilines is 1. The molecule has 0 fully saturated rings. The van der Waals surface area contributed by atoms with Crippen LogP contribution >= 0.6 is 0 Å². The number of hydrogen-bond acceptors (Lipinski definition) is 4. The number of Topliss-reactive ketones (excluding diaryl/α,β-unsaturated/α-hetero) is 1. The number of allylic oxidation sites excluding steroid dienone is 2. The van der Waals surface area contributed by atoms with Gasteiger partial charge in [0, 0.05) is 6.42 Å². The average molecular weight is 358 g/mol. The molecule has 1 aromatic rings. The molecule has 5 heteroatoms. The fourth-order valence-electron chi connectivity index (χ4n) is 3.19. The summed E-state index contributed by atoms with van der Waals surface area (Å²) in [6.45, 7) is 12.3. The van der Waals surface area contributed by atoms with Crippen LogP contribution in [-0.4, -0.2) is 18.3 Å². The monoisotopic (exact) mass is 358 g/mol. The highest BCUT2D eigenvalue weighted by molar-refractivity contribution is 5.96. The van der Waals surface area contributed by atoms with E-state index < -0.39 is 0 Å². The molecule has 0 atom stereocenters. The van der Waals surface area contributed by atoms with Gasteiger partial charge in [0.05, 0.1) is 5.69 Å². The number of ether oxygens (including phenoxy) is 1. The second kappa shape index (κ2) is 7.52. The second-order valence-corrected chi connectivity index (χ2v) is 8.84. The van der Waals surface area contributed by atoms with Crippen LogP contribution in [-0.2, 0) is 19.7 Å². The first-order valence-corrected chi connectivity index (χ1v) is 8.99. The van der Waals surface area contributed by atoms with Gasteiger partial charge in [0.2, 0.25) is 0 Å². The molecule has 0 bridgehead atoms. The first kappa shape index (κ1) is 20.0. The third kappa shape index (κ3) is 5.35. The SMILES string of the molecule is CC1=C(OCC(=O)NNc2ccc(C(C)(C)C)cc2)C(=O)CC(C)(C)C1. The maximum atomic E-state index is 12.2. The smallest absolute Gasteiger partial charge is 0.276 e. The molecule has 1 aromatic carbocycles. The van der Waals surface area contributed by atoms with Crippen molar-refractivity contribution in [3.8, 4) is 0 Å². The minimum absolute atomic E-state index is 0.0303. The quantitative estimate of drug-likeness (QED) is 0.778. The molecule has 0 aliphatic heterocycles. The van der Waals surface area contributed by atoms with Gasteiger partial charge in [0.1, 0.15) is 0 Å². The number of benzene rings is 1. The van der Waals surface area contributed by atoms with Crippen LogP contribution in [0.25, 0.3) is 0 Å². The van der Waals surface area contributed by atoms with E-state index in [1.807, 2.05) is 31.2 Å². The van der Waals surface area contributed by atoms with Gasteiger partial charge in [-0.05, 0) is 47.4 Å². The van der Waals surface area contributed by atoms with Crippen LogP contribution in [0, 0.1) is 5.41 Å². The zero-order valence-corrected chi connectivity index (χ0v) is 16.7. The van der Waals surface area contributed by atoms with Crippen molar-refractivity contribution in [3.63, 3.8) is 0 Å². The van der Waals surface area contributed by atoms with Crippen LogP contribution in [0.4, 0.5) is 5.69 Å². The molecule has 0 radical (unpaired) electrons. The van der Waals surface area contributed by atoms with Crippen molar-refractivity contribution in [1.29, 1.82) is 0 Å². The summed E-state index contributed by atoms with van der Waals surface area (Å²) in [7, 11) is 0. The Kier molecular flexibility index (Phi) is 5.79. The summed E-state index contributed by atoms with van der Waals surface area (Å²) in [5, 5.41) is 0. The van der Waals surface area contributed by atoms with E-state index in [2.05, 4.69) is 45.5 Å². The van der Waals surface area contributed by atoms with Gasteiger partial charge in [-0.25, -0.2) is 0 Å². The Labute approximate surface area is 156 Å². The molecule has 1 aliphatic carbocycles. The lowest BCUT2D eigenvalue weighted by atomic mass is 9.76. The molecule has 2 rings (SSSR count). The van der Waals surface area contributed by atoms with Crippen LogP contribution in [0.2, 0.25) is 0 Å². The summed E-state index contributed by atoms with van der Waals surface area (Å²) >= 11 is 0. The zero-order chi connectivity index (χ0) is 19.5. The third-order valence-corrected chi connectivity index (χ3v) is 4.47. The fraction of sp³-hybridized carbons (Fsp3) is 0.524. The summed E-state index contributed by atoms with van der Waals surface area (Å²) < 4.78 is 5.49. The first-order valence-electron chi connectivity index (χ1n) is 8.99. The molecular weight excluding hydrogens is 328 g/mol. The van der Waals surface area contributed by atoms with Crippen LogP contribution < -0.4 is 10.9 Å². The lowest BCUT2D eigenvalue weighted by molar-refractivity contribution is -0.127. The average Bonchev–Trinajstić information content (AvgIpc) is 2.50. The topological polar surface area (TPSA) is 67.4 Å². The number of carbonyl (C=O) groups excluding carboxylic acids is 2. The molecule has 0 saturated carbocycles. The van der Waals surface area contributed by atoms with Gasteiger partial charge < -0.3 is 4.74 Å². The number of amides is 1. The van der Waals surface area contributed by atoms with E-state index in [0.717, 1.165) is 17.7 Å². The van der Waals surface area contributed by atoms with Crippen LogP contribution in [0.3, 0.4) is 0 Å². The maximum Gasteiger partial charge on any atom is 0.276 e. The summed E-state index contributed by atoms with van der Waals surface area (Å²) in [4.78, 5) is 24.2. The number of nitrogens with one attached hydrogen (secondary N) is 2. The van der Waals surface area contributed by atoms with Crippen molar-refractivity contribution in [1.82, 2.24) is 5.43 Å². The molecule has 5 nitrogen and oxygen atoms in total. The van der Waals surface area contributed by atoms with E-state index in [9.17, 15) is 9.59 Å². The Morgan fingerprint density at radius 2 is 1.77 bits per heavy atom. The van der Waals surface area contributed by atoms with E-state index in [-0.39, 0.29) is 29.1 Å². The predicted molar refractivity (Wildman–Crippen MR) is 104 cm³/mol. The Balaban J connectivity index is 1.85. The van der Waals surface area contributed by atoms with E-state index in [0.29, 0.717) is 12.2 Å². The Bertz CT molecular complexity index is 710. The molecule has 2 N–H and O–H groups in total. The molecule has 142 valence electrons. The van der Waals surface area contributed by atoms with Gasteiger partial charge in [-0.1, -0.05) is 46.8 Å². The predicted octanol–water partition coefficient (Wildman–Crippen LogP) is 4.11. The molecule has 1 amide bonds. The third-order valence-electron chi connectivity index (χ3n) is 4.47. The Morgan fingerprint density at radius 3 is 2.31 bits per heavy atom. The molecule has 0 spiro atoms. The molecule has 0 unspecified atom stereocenters. The van der Waals surface area contributed by atoms with Gasteiger partial charge in [-0.15, -0.1) is 0 Å². The van der Waals surface area contributed by atoms with Crippen molar-refractivity contribution >= 4 is 17.4 Å². The summed E-state index contributed by atoms with van der Waals surface area (Å²) in [6, 6.07) is 7.89. The summed E-state index contributed by atoms with van der Waals surface area (Å²) in [6.07, 6.45) is 1.24. The zero-order valence-electron chi connectivity index (χ0n) is 16.7. The van der Waals surface area contributed by atoms with E-state index in [1.54, 1.807) is 0 Å². The second-order valence-electron chi connectivity index (χ2n) is 8.84. The van der Waals surface area contributed by atoms with E-state index in [4.69, 9.17) is 4.74 Å². The van der Waals surface area contributed by atoms with Crippen molar-refractivity contribution in [2.24, 2.45) is 5.41 Å². The maximum absolute atomic E-state index is 12.2. The number of hydrogen-bond donors (Lipinski definition) is 2. The number of hydrazine groups is 1. The van der Waals surface area contributed by atoms with Crippen molar-refractivity contribution in [2.75, 3.05) is 12.0 Å². The molecule has 0 saturated heterocycles. The summed E-state index contributed by atoms with van der Waals surface area (Å²) in [5.41, 5.74) is 8.42. The highest BCUT2D eigenvalue weighted by Crippen LogP contribution is 2.36. The summed E-state index contributed by atoms with van der Waals surface area (Å²) in [5.74, 6) is -0.0193. The van der Waals surface area contributed by atoms with Crippen molar-refractivity contribution < 1.29 is 14.3 Å². The minimum Gasteiger partial charge on any atom is -0.480 e. The number of ketones is 1. The van der Waals surface area contributed by atoms with Crippen LogP contribution in [0.5, 0.6) is 0 Å². The van der Waals surface area contributed by atoms with Crippen molar-refractivity contribution in [2.45, 2.75) is 59.8 Å². The molecule has 0 aromatic heterocycles. The van der Waals surface area contributed by atoms with Gasteiger partial charge in [0.15, 0.2) is 18.1 Å². The lowest BCUT2D eigenvalue weighted by Gasteiger charge is -2.30.